The van der Waals surface area contributed by atoms with Crippen molar-refractivity contribution in [1.82, 2.24) is 5.32 Å². The summed E-state index contributed by atoms with van der Waals surface area (Å²) in [6.07, 6.45) is 4.21. The second-order valence-corrected chi connectivity index (χ2v) is 5.34. The molecule has 1 aliphatic rings. The molecule has 1 aromatic carbocycles. The van der Waals surface area contributed by atoms with Gasteiger partial charge in [0.2, 0.25) is 0 Å². The van der Waals surface area contributed by atoms with E-state index in [2.05, 4.69) is 5.32 Å². The Hall–Kier alpha value is -1.26. The number of nitrogens with two attached hydrogens (primary N) is 1. The fourth-order valence-corrected chi connectivity index (χ4v) is 2.55. The van der Waals surface area contributed by atoms with Crippen LogP contribution in [0.15, 0.2) is 24.3 Å². The molecule has 0 atom stereocenters. The van der Waals surface area contributed by atoms with E-state index in [4.69, 9.17) is 10.5 Å². The molecule has 0 saturated heterocycles. The number of carbonyl (C=O) groups is 1. The number of rotatable bonds is 5. The van der Waals surface area contributed by atoms with Gasteiger partial charge in [0.1, 0.15) is 5.75 Å². The summed E-state index contributed by atoms with van der Waals surface area (Å²) in [6.45, 7) is 2.57. The summed E-state index contributed by atoms with van der Waals surface area (Å²) in [5.41, 5.74) is 6.76. The van der Waals surface area contributed by atoms with E-state index in [1.54, 1.807) is 0 Å². The average molecular weight is 299 g/mol. The number of aryl methyl sites for hydroxylation is 1. The summed E-state index contributed by atoms with van der Waals surface area (Å²) >= 11 is 0. The summed E-state index contributed by atoms with van der Waals surface area (Å²) in [5, 5.41) is 3.03. The van der Waals surface area contributed by atoms with Crippen LogP contribution in [-0.2, 0) is 4.79 Å². The van der Waals surface area contributed by atoms with Crippen LogP contribution in [0.25, 0.3) is 0 Å². The molecule has 5 heteroatoms. The van der Waals surface area contributed by atoms with E-state index >= 15 is 0 Å². The van der Waals surface area contributed by atoms with Gasteiger partial charge in [0.25, 0.3) is 5.91 Å². The van der Waals surface area contributed by atoms with Crippen LogP contribution >= 0.6 is 12.4 Å². The third kappa shape index (κ3) is 4.39. The summed E-state index contributed by atoms with van der Waals surface area (Å²) in [7, 11) is 0. The molecule has 2 rings (SSSR count). The first-order valence-electron chi connectivity index (χ1n) is 6.84. The Bertz CT molecular complexity index is 428. The summed E-state index contributed by atoms with van der Waals surface area (Å²) in [6, 6.07) is 7.67. The minimum Gasteiger partial charge on any atom is -0.484 e. The van der Waals surface area contributed by atoms with Crippen LogP contribution in [0.5, 0.6) is 5.75 Å². The van der Waals surface area contributed by atoms with E-state index in [1.807, 2.05) is 31.2 Å². The number of hydrogen-bond acceptors (Lipinski definition) is 3. The standard InChI is InChI=1S/C15H22N2O2.ClH/c1-12-4-6-13(7-5-12)19-10-14(18)17-15(11-16)8-2-3-9-15;/h4-7H,2-3,8-11,16H2,1H3,(H,17,18);1H. The van der Waals surface area contributed by atoms with E-state index < -0.39 is 0 Å². The van der Waals surface area contributed by atoms with Gasteiger partial charge < -0.3 is 15.8 Å². The maximum absolute atomic E-state index is 11.9. The molecule has 1 fully saturated rings. The molecule has 0 radical (unpaired) electrons. The first kappa shape index (κ1) is 16.8. The third-order valence-electron chi connectivity index (χ3n) is 3.75. The molecule has 0 unspecified atom stereocenters. The molecule has 20 heavy (non-hydrogen) atoms. The van der Waals surface area contributed by atoms with Crippen LogP contribution < -0.4 is 15.8 Å². The molecule has 0 bridgehead atoms. The highest BCUT2D eigenvalue weighted by atomic mass is 35.5. The number of amides is 1. The van der Waals surface area contributed by atoms with Crippen LogP contribution in [-0.4, -0.2) is 24.6 Å². The molecule has 112 valence electrons. The molecule has 0 spiro atoms. The van der Waals surface area contributed by atoms with E-state index in [1.165, 1.54) is 5.56 Å². The maximum atomic E-state index is 11.9. The Kier molecular flexibility index (Phi) is 6.30. The van der Waals surface area contributed by atoms with Crippen molar-refractivity contribution >= 4 is 18.3 Å². The van der Waals surface area contributed by atoms with Crippen molar-refractivity contribution in [3.8, 4) is 5.75 Å². The Morgan fingerprint density at radius 3 is 2.45 bits per heavy atom. The van der Waals surface area contributed by atoms with Crippen molar-refractivity contribution in [3.05, 3.63) is 29.8 Å². The van der Waals surface area contributed by atoms with Gasteiger partial charge in [-0.25, -0.2) is 0 Å². The minimum atomic E-state index is -0.201. The lowest BCUT2D eigenvalue weighted by atomic mass is 9.98. The zero-order chi connectivity index (χ0) is 13.7. The van der Waals surface area contributed by atoms with Gasteiger partial charge in [0.05, 0.1) is 5.54 Å². The zero-order valence-corrected chi connectivity index (χ0v) is 12.7. The normalized spacial score (nSPS) is 16.3. The van der Waals surface area contributed by atoms with E-state index in [-0.39, 0.29) is 30.5 Å². The number of benzene rings is 1. The zero-order valence-electron chi connectivity index (χ0n) is 11.9. The molecule has 0 aliphatic heterocycles. The molecule has 0 aromatic heterocycles. The van der Waals surface area contributed by atoms with Gasteiger partial charge in [0, 0.05) is 6.54 Å². The van der Waals surface area contributed by atoms with Gasteiger partial charge in [-0.3, -0.25) is 4.79 Å². The third-order valence-corrected chi connectivity index (χ3v) is 3.75. The number of carbonyl (C=O) groups excluding carboxylic acids is 1. The average Bonchev–Trinajstić information content (AvgIpc) is 2.87. The van der Waals surface area contributed by atoms with Crippen LogP contribution in [0.1, 0.15) is 31.2 Å². The van der Waals surface area contributed by atoms with Gasteiger partial charge in [-0.1, -0.05) is 30.5 Å². The van der Waals surface area contributed by atoms with E-state index in [9.17, 15) is 4.79 Å². The molecule has 4 nitrogen and oxygen atoms in total. The SMILES string of the molecule is Cc1ccc(OCC(=O)NC2(CN)CCCC2)cc1.Cl. The molecular formula is C15H23ClN2O2. The van der Waals surface area contributed by atoms with E-state index in [0.29, 0.717) is 12.3 Å². The first-order chi connectivity index (χ1) is 9.13. The van der Waals surface area contributed by atoms with Crippen LogP contribution in [0.4, 0.5) is 0 Å². The predicted molar refractivity (Wildman–Crippen MR) is 82.3 cm³/mol. The quantitative estimate of drug-likeness (QED) is 0.876. The molecule has 1 aliphatic carbocycles. The smallest absolute Gasteiger partial charge is 0.258 e. The van der Waals surface area contributed by atoms with E-state index in [0.717, 1.165) is 25.7 Å². The first-order valence-corrected chi connectivity index (χ1v) is 6.84. The highest BCUT2D eigenvalue weighted by molar-refractivity contribution is 5.85. The van der Waals surface area contributed by atoms with Gasteiger partial charge in [-0.05, 0) is 31.9 Å². The molecule has 0 heterocycles. The van der Waals surface area contributed by atoms with Crippen molar-refractivity contribution < 1.29 is 9.53 Å². The highest BCUT2D eigenvalue weighted by Gasteiger charge is 2.33. The Balaban J connectivity index is 0.00000200. The lowest BCUT2D eigenvalue weighted by Gasteiger charge is -2.28. The number of nitrogens with one attached hydrogen (secondary N) is 1. The van der Waals surface area contributed by atoms with Crippen LogP contribution in [0, 0.1) is 6.92 Å². The second kappa shape index (κ2) is 7.50. The summed E-state index contributed by atoms with van der Waals surface area (Å²) < 4.78 is 5.47. The Morgan fingerprint density at radius 2 is 1.90 bits per heavy atom. The number of hydrogen-bond donors (Lipinski definition) is 2. The molecule has 1 amide bonds. The molecule has 3 N–H and O–H groups in total. The monoisotopic (exact) mass is 298 g/mol. The summed E-state index contributed by atoms with van der Waals surface area (Å²) in [5.74, 6) is 0.627. The second-order valence-electron chi connectivity index (χ2n) is 5.34. The highest BCUT2D eigenvalue weighted by Crippen LogP contribution is 2.28. The van der Waals surface area contributed by atoms with Gasteiger partial charge in [-0.15, -0.1) is 12.4 Å². The Morgan fingerprint density at radius 1 is 1.30 bits per heavy atom. The fourth-order valence-electron chi connectivity index (χ4n) is 2.55. The topological polar surface area (TPSA) is 64.3 Å². The van der Waals surface area contributed by atoms with Crippen LogP contribution in [0.3, 0.4) is 0 Å². The van der Waals surface area contributed by atoms with Crippen molar-refractivity contribution in [2.24, 2.45) is 5.73 Å². The number of ether oxygens (including phenoxy) is 1. The maximum Gasteiger partial charge on any atom is 0.258 e. The van der Waals surface area contributed by atoms with Gasteiger partial charge >= 0.3 is 0 Å². The minimum absolute atomic E-state index is 0. The van der Waals surface area contributed by atoms with Crippen molar-refractivity contribution in [2.45, 2.75) is 38.1 Å². The largest absolute Gasteiger partial charge is 0.484 e. The lowest BCUT2D eigenvalue weighted by molar-refractivity contribution is -0.124. The summed E-state index contributed by atoms with van der Waals surface area (Å²) in [4.78, 5) is 11.9. The van der Waals surface area contributed by atoms with Gasteiger partial charge in [-0.2, -0.15) is 0 Å². The molecule has 1 aromatic rings. The number of halogens is 1. The van der Waals surface area contributed by atoms with Crippen molar-refractivity contribution in [3.63, 3.8) is 0 Å². The van der Waals surface area contributed by atoms with Crippen molar-refractivity contribution in [1.29, 1.82) is 0 Å². The van der Waals surface area contributed by atoms with Crippen LogP contribution in [0.2, 0.25) is 0 Å². The van der Waals surface area contributed by atoms with Crippen molar-refractivity contribution in [2.75, 3.05) is 13.2 Å². The lowest BCUT2D eigenvalue weighted by Crippen LogP contribution is -2.52. The van der Waals surface area contributed by atoms with Gasteiger partial charge in [0.15, 0.2) is 6.61 Å². The fraction of sp³-hybridized carbons (Fsp3) is 0.533. The molecule has 1 saturated carbocycles. The Labute approximate surface area is 126 Å². The molecular weight excluding hydrogens is 276 g/mol. The predicted octanol–water partition coefficient (Wildman–Crippen LogP) is 2.18.